The molecule has 3 N–H and O–H groups in total. The normalized spacial score (nSPS) is 20.4. The minimum Gasteiger partial charge on any atom is -0.328 e. The Bertz CT molecular complexity index is 985. The van der Waals surface area contributed by atoms with E-state index in [9.17, 15) is 34.0 Å². The third-order valence-electron chi connectivity index (χ3n) is 7.65. The quantitative estimate of drug-likeness (QED) is 0.187. The number of hydrogen-bond donors (Lipinski definition) is 3. The SMILES string of the molecule is CCCCCC(=O)NC1=C(C(NC(=O)CCCCC)(C2CCCCC2)N2C(=O)CCC2=O)C(=O)N(O)C1=O. The van der Waals surface area contributed by atoms with E-state index in [0.717, 1.165) is 49.8 Å². The van der Waals surface area contributed by atoms with Gasteiger partial charge < -0.3 is 10.6 Å². The second-order valence-electron chi connectivity index (χ2n) is 10.4. The molecule has 2 aliphatic heterocycles. The van der Waals surface area contributed by atoms with Gasteiger partial charge in [-0.1, -0.05) is 58.8 Å². The van der Waals surface area contributed by atoms with E-state index in [0.29, 0.717) is 25.7 Å². The maximum absolute atomic E-state index is 13.5. The van der Waals surface area contributed by atoms with Crippen molar-refractivity contribution in [3.63, 3.8) is 0 Å². The van der Waals surface area contributed by atoms with Crippen LogP contribution in [0.15, 0.2) is 11.3 Å². The molecule has 210 valence electrons. The molecule has 0 aromatic carbocycles. The number of hydrogen-bond acceptors (Lipinski definition) is 7. The lowest BCUT2D eigenvalue weighted by Crippen LogP contribution is -2.69. The van der Waals surface area contributed by atoms with E-state index >= 15 is 0 Å². The van der Waals surface area contributed by atoms with Gasteiger partial charge in [0.25, 0.3) is 5.91 Å². The molecule has 1 saturated carbocycles. The third kappa shape index (κ3) is 5.98. The van der Waals surface area contributed by atoms with Crippen LogP contribution in [0.2, 0.25) is 0 Å². The van der Waals surface area contributed by atoms with Gasteiger partial charge in [0.2, 0.25) is 23.6 Å². The van der Waals surface area contributed by atoms with Crippen molar-refractivity contribution in [2.75, 3.05) is 0 Å². The molecule has 3 rings (SSSR count). The lowest BCUT2D eigenvalue weighted by atomic mass is 9.74. The number of amides is 6. The molecule has 0 radical (unpaired) electrons. The van der Waals surface area contributed by atoms with E-state index in [2.05, 4.69) is 10.6 Å². The summed E-state index contributed by atoms with van der Waals surface area (Å²) in [6.45, 7) is 3.97. The zero-order chi connectivity index (χ0) is 27.9. The molecule has 11 nitrogen and oxygen atoms in total. The largest absolute Gasteiger partial charge is 0.328 e. The number of likely N-dealkylation sites (tertiary alicyclic amines) is 1. The second-order valence-corrected chi connectivity index (χ2v) is 10.4. The number of hydroxylamine groups is 2. The summed E-state index contributed by atoms with van der Waals surface area (Å²) in [7, 11) is 0. The zero-order valence-corrected chi connectivity index (χ0v) is 22.5. The van der Waals surface area contributed by atoms with Crippen LogP contribution in [0.3, 0.4) is 0 Å². The van der Waals surface area contributed by atoms with Crippen LogP contribution in [0.5, 0.6) is 0 Å². The first kappa shape index (κ1) is 29.5. The molecule has 2 fully saturated rings. The number of imide groups is 2. The molecule has 0 spiro atoms. The predicted molar refractivity (Wildman–Crippen MR) is 136 cm³/mol. The summed E-state index contributed by atoms with van der Waals surface area (Å²) in [5, 5.41) is 15.7. The van der Waals surface area contributed by atoms with Crippen molar-refractivity contribution < 1.29 is 34.0 Å². The summed E-state index contributed by atoms with van der Waals surface area (Å²) < 4.78 is 0. The fourth-order valence-electron chi connectivity index (χ4n) is 5.74. The number of carbonyl (C=O) groups is 6. The maximum atomic E-state index is 13.5. The van der Waals surface area contributed by atoms with E-state index in [1.165, 1.54) is 0 Å². The van der Waals surface area contributed by atoms with E-state index in [4.69, 9.17) is 0 Å². The standard InChI is InChI=1S/C27H40N4O7/c1-3-5-8-14-19(32)28-24-23(25(36)31(38)26(24)37)27(18-12-10-7-11-13-18,29-20(33)15-9-6-4-2)30-21(34)16-17-22(30)35/h18,38H,3-17H2,1-2H3,(H,28,32)(H,29,33). The van der Waals surface area contributed by atoms with Crippen molar-refractivity contribution >= 4 is 35.4 Å². The van der Waals surface area contributed by atoms with Crippen LogP contribution >= 0.6 is 0 Å². The van der Waals surface area contributed by atoms with Gasteiger partial charge in [-0.05, 0) is 25.7 Å². The van der Waals surface area contributed by atoms with Gasteiger partial charge in [0.1, 0.15) is 5.70 Å². The first-order chi connectivity index (χ1) is 18.2. The van der Waals surface area contributed by atoms with Crippen LogP contribution in [-0.2, 0) is 28.8 Å². The highest BCUT2D eigenvalue weighted by atomic mass is 16.5. The molecule has 2 heterocycles. The third-order valence-corrected chi connectivity index (χ3v) is 7.65. The van der Waals surface area contributed by atoms with Crippen LogP contribution in [0.25, 0.3) is 0 Å². The molecule has 1 unspecified atom stereocenters. The molecule has 3 aliphatic rings. The van der Waals surface area contributed by atoms with Gasteiger partial charge in [-0.15, -0.1) is 5.06 Å². The molecule has 1 atom stereocenters. The van der Waals surface area contributed by atoms with Crippen LogP contribution in [-0.4, -0.2) is 56.3 Å². The average Bonchev–Trinajstić information content (AvgIpc) is 3.34. The Morgan fingerprint density at radius 2 is 1.39 bits per heavy atom. The van der Waals surface area contributed by atoms with Gasteiger partial charge in [0.15, 0.2) is 5.66 Å². The molecular weight excluding hydrogens is 492 g/mol. The van der Waals surface area contributed by atoms with Crippen molar-refractivity contribution in [2.45, 2.75) is 116 Å². The van der Waals surface area contributed by atoms with E-state index in [1.54, 1.807) is 0 Å². The first-order valence-corrected chi connectivity index (χ1v) is 14.0. The Morgan fingerprint density at radius 1 is 0.842 bits per heavy atom. The lowest BCUT2D eigenvalue weighted by molar-refractivity contribution is -0.171. The van der Waals surface area contributed by atoms with Gasteiger partial charge in [-0.3, -0.25) is 38.9 Å². The van der Waals surface area contributed by atoms with Crippen molar-refractivity contribution in [3.8, 4) is 0 Å². The number of rotatable bonds is 13. The fraction of sp³-hybridized carbons (Fsp3) is 0.704. The lowest BCUT2D eigenvalue weighted by Gasteiger charge is -2.48. The summed E-state index contributed by atoms with van der Waals surface area (Å²) in [6.07, 6.45) is 7.71. The van der Waals surface area contributed by atoms with Gasteiger partial charge in [-0.2, -0.15) is 0 Å². The number of nitrogens with one attached hydrogen (secondary N) is 2. The van der Waals surface area contributed by atoms with Gasteiger partial charge in [0.05, 0.1) is 5.57 Å². The van der Waals surface area contributed by atoms with Crippen LogP contribution in [0, 0.1) is 5.92 Å². The molecule has 11 heteroatoms. The van der Waals surface area contributed by atoms with Gasteiger partial charge >= 0.3 is 5.91 Å². The number of unbranched alkanes of at least 4 members (excludes halogenated alkanes) is 4. The van der Waals surface area contributed by atoms with Gasteiger partial charge in [0, 0.05) is 31.6 Å². The van der Waals surface area contributed by atoms with Crippen LogP contribution in [0.1, 0.15) is 110 Å². The van der Waals surface area contributed by atoms with E-state index in [1.807, 2.05) is 13.8 Å². The molecule has 38 heavy (non-hydrogen) atoms. The Kier molecular flexibility index (Phi) is 10.2. The van der Waals surface area contributed by atoms with Crippen molar-refractivity contribution in [2.24, 2.45) is 5.92 Å². The molecule has 6 amide bonds. The van der Waals surface area contributed by atoms with Crippen LogP contribution in [0.4, 0.5) is 0 Å². The van der Waals surface area contributed by atoms with Crippen molar-refractivity contribution in [3.05, 3.63) is 11.3 Å². The maximum Gasteiger partial charge on any atom is 0.302 e. The minimum absolute atomic E-state index is 0.0822. The Hall–Kier alpha value is -3.08. The Morgan fingerprint density at radius 3 is 1.95 bits per heavy atom. The molecular formula is C27H40N4O7. The minimum atomic E-state index is -2.00. The van der Waals surface area contributed by atoms with Crippen molar-refractivity contribution in [1.82, 2.24) is 20.6 Å². The molecule has 1 aliphatic carbocycles. The number of nitrogens with zero attached hydrogens (tertiary/aromatic N) is 2. The summed E-state index contributed by atoms with van der Waals surface area (Å²) in [5.74, 6) is -5.07. The van der Waals surface area contributed by atoms with E-state index in [-0.39, 0.29) is 30.7 Å². The van der Waals surface area contributed by atoms with Crippen molar-refractivity contribution in [1.29, 1.82) is 0 Å². The highest BCUT2D eigenvalue weighted by Gasteiger charge is 2.61. The summed E-state index contributed by atoms with van der Waals surface area (Å²) >= 11 is 0. The first-order valence-electron chi connectivity index (χ1n) is 14.0. The average molecular weight is 533 g/mol. The summed E-state index contributed by atoms with van der Waals surface area (Å²) in [5.41, 5.74) is -2.91. The Labute approximate surface area is 223 Å². The second kappa shape index (κ2) is 13.1. The molecule has 0 aromatic rings. The van der Waals surface area contributed by atoms with Crippen LogP contribution < -0.4 is 10.6 Å². The molecule has 0 bridgehead atoms. The summed E-state index contributed by atoms with van der Waals surface area (Å²) in [6, 6.07) is 0. The van der Waals surface area contributed by atoms with Gasteiger partial charge in [-0.25, -0.2) is 0 Å². The van der Waals surface area contributed by atoms with E-state index < -0.39 is 58.3 Å². The summed E-state index contributed by atoms with van der Waals surface area (Å²) in [4.78, 5) is 80.1. The molecule has 0 aromatic heterocycles. The smallest absolute Gasteiger partial charge is 0.302 e. The predicted octanol–water partition coefficient (Wildman–Crippen LogP) is 2.82. The highest BCUT2D eigenvalue weighted by Crippen LogP contribution is 2.45. The fourth-order valence-corrected chi connectivity index (χ4v) is 5.74. The number of carbonyl (C=O) groups excluding carboxylic acids is 6. The Balaban J connectivity index is 2.20. The topological polar surface area (TPSA) is 153 Å². The monoisotopic (exact) mass is 532 g/mol. The highest BCUT2D eigenvalue weighted by molar-refractivity contribution is 6.21. The zero-order valence-electron chi connectivity index (χ0n) is 22.5. The molecule has 1 saturated heterocycles.